The molecule has 122 valence electrons. The van der Waals surface area contributed by atoms with Crippen LogP contribution in [0.25, 0.3) is 11.3 Å². The van der Waals surface area contributed by atoms with Crippen molar-refractivity contribution in [2.75, 3.05) is 6.54 Å². The second-order valence-electron chi connectivity index (χ2n) is 6.39. The SMILES string of the molecule is Cc1nc(-c2ccccc2)ccc1C(=O)NCC(C)(O)C(C)C. The maximum absolute atomic E-state index is 12.3. The normalized spacial score (nSPS) is 13.7. The highest BCUT2D eigenvalue weighted by Gasteiger charge is 2.25. The van der Waals surface area contributed by atoms with E-state index >= 15 is 0 Å². The molecule has 1 aromatic carbocycles. The molecule has 0 radical (unpaired) electrons. The number of nitrogens with zero attached hydrogens (tertiary/aromatic N) is 1. The molecule has 1 aromatic heterocycles. The molecule has 2 N–H and O–H groups in total. The average Bonchev–Trinajstić information content (AvgIpc) is 2.53. The minimum atomic E-state index is -0.930. The molecular formula is C19H24N2O2. The van der Waals surface area contributed by atoms with Crippen LogP contribution < -0.4 is 5.32 Å². The number of nitrogens with one attached hydrogen (secondary N) is 1. The third-order valence-electron chi connectivity index (χ3n) is 4.25. The average molecular weight is 312 g/mol. The zero-order valence-electron chi connectivity index (χ0n) is 14.1. The maximum atomic E-state index is 12.3. The van der Waals surface area contributed by atoms with Gasteiger partial charge in [-0.05, 0) is 31.9 Å². The van der Waals surface area contributed by atoms with Crippen LogP contribution in [0.4, 0.5) is 0 Å². The van der Waals surface area contributed by atoms with E-state index in [1.807, 2.05) is 57.2 Å². The number of hydrogen-bond acceptors (Lipinski definition) is 3. The van der Waals surface area contributed by atoms with E-state index in [9.17, 15) is 9.90 Å². The van der Waals surface area contributed by atoms with Gasteiger partial charge in [0.2, 0.25) is 0 Å². The molecule has 0 spiro atoms. The fraction of sp³-hybridized carbons (Fsp3) is 0.368. The second-order valence-corrected chi connectivity index (χ2v) is 6.39. The Balaban J connectivity index is 2.13. The van der Waals surface area contributed by atoms with Crippen LogP contribution in [0.5, 0.6) is 0 Å². The summed E-state index contributed by atoms with van der Waals surface area (Å²) in [6.07, 6.45) is 0. The first kappa shape index (κ1) is 17.2. The molecule has 1 atom stereocenters. The van der Waals surface area contributed by atoms with E-state index in [2.05, 4.69) is 10.3 Å². The number of pyridine rings is 1. The summed E-state index contributed by atoms with van der Waals surface area (Å²) in [6.45, 7) is 7.61. The predicted molar refractivity (Wildman–Crippen MR) is 92.2 cm³/mol. The van der Waals surface area contributed by atoms with Gasteiger partial charge >= 0.3 is 0 Å². The molecule has 0 aliphatic carbocycles. The molecule has 2 aromatic rings. The first-order valence-corrected chi connectivity index (χ1v) is 7.85. The Kier molecular flexibility index (Phi) is 5.16. The standard InChI is InChI=1S/C19H24N2O2/c1-13(2)19(4,23)12-20-18(22)16-10-11-17(21-14(16)3)15-8-6-5-7-9-15/h5-11,13,23H,12H2,1-4H3,(H,20,22). The summed E-state index contributed by atoms with van der Waals surface area (Å²) in [5.41, 5.74) is 2.14. The molecule has 0 fully saturated rings. The quantitative estimate of drug-likeness (QED) is 0.891. The summed E-state index contributed by atoms with van der Waals surface area (Å²) >= 11 is 0. The number of aryl methyl sites for hydroxylation is 1. The van der Waals surface area contributed by atoms with E-state index < -0.39 is 5.60 Å². The molecule has 0 saturated heterocycles. The minimum Gasteiger partial charge on any atom is -0.388 e. The molecule has 1 unspecified atom stereocenters. The van der Waals surface area contributed by atoms with E-state index in [1.54, 1.807) is 13.0 Å². The van der Waals surface area contributed by atoms with Crippen LogP contribution in [0.15, 0.2) is 42.5 Å². The Bertz CT molecular complexity index is 679. The van der Waals surface area contributed by atoms with Crippen molar-refractivity contribution in [2.24, 2.45) is 5.92 Å². The van der Waals surface area contributed by atoms with Crippen LogP contribution in [0.1, 0.15) is 36.8 Å². The van der Waals surface area contributed by atoms with Crippen LogP contribution >= 0.6 is 0 Å². The fourth-order valence-corrected chi connectivity index (χ4v) is 2.13. The number of benzene rings is 1. The van der Waals surface area contributed by atoms with Crippen molar-refractivity contribution in [3.8, 4) is 11.3 Å². The van der Waals surface area contributed by atoms with Gasteiger partial charge in [-0.15, -0.1) is 0 Å². The van der Waals surface area contributed by atoms with Crippen LogP contribution in [-0.4, -0.2) is 28.1 Å². The predicted octanol–water partition coefficient (Wildman–Crippen LogP) is 3.19. The highest BCUT2D eigenvalue weighted by Crippen LogP contribution is 2.19. The Morgan fingerprint density at radius 1 is 1.22 bits per heavy atom. The molecule has 4 nitrogen and oxygen atoms in total. The summed E-state index contributed by atoms with van der Waals surface area (Å²) in [5, 5.41) is 13.0. The molecule has 0 aliphatic rings. The summed E-state index contributed by atoms with van der Waals surface area (Å²) in [7, 11) is 0. The van der Waals surface area contributed by atoms with Crippen LogP contribution in [0, 0.1) is 12.8 Å². The van der Waals surface area contributed by atoms with Crippen molar-refractivity contribution in [1.29, 1.82) is 0 Å². The first-order chi connectivity index (χ1) is 10.8. The maximum Gasteiger partial charge on any atom is 0.253 e. The lowest BCUT2D eigenvalue weighted by molar-refractivity contribution is 0.0142. The lowest BCUT2D eigenvalue weighted by Gasteiger charge is -2.27. The number of aromatic nitrogens is 1. The third-order valence-corrected chi connectivity index (χ3v) is 4.25. The Hall–Kier alpha value is -2.20. The number of carbonyl (C=O) groups excluding carboxylic acids is 1. The Labute approximate surface area is 137 Å². The Morgan fingerprint density at radius 2 is 1.87 bits per heavy atom. The fourth-order valence-electron chi connectivity index (χ4n) is 2.13. The van der Waals surface area contributed by atoms with Crippen LogP contribution in [0.2, 0.25) is 0 Å². The third kappa shape index (κ3) is 4.17. The van der Waals surface area contributed by atoms with E-state index in [1.165, 1.54) is 0 Å². The molecule has 23 heavy (non-hydrogen) atoms. The van der Waals surface area contributed by atoms with Crippen molar-refractivity contribution in [1.82, 2.24) is 10.3 Å². The van der Waals surface area contributed by atoms with Gasteiger partial charge in [0.05, 0.1) is 22.6 Å². The molecule has 2 rings (SSSR count). The Morgan fingerprint density at radius 3 is 2.43 bits per heavy atom. The number of hydrogen-bond donors (Lipinski definition) is 2. The minimum absolute atomic E-state index is 0.0579. The lowest BCUT2D eigenvalue weighted by Crippen LogP contribution is -2.44. The van der Waals surface area contributed by atoms with Gasteiger partial charge in [-0.2, -0.15) is 0 Å². The molecule has 1 heterocycles. The second kappa shape index (κ2) is 6.92. The van der Waals surface area contributed by atoms with Gasteiger partial charge in [0.25, 0.3) is 5.91 Å². The first-order valence-electron chi connectivity index (χ1n) is 7.85. The number of carbonyl (C=O) groups is 1. The molecule has 0 saturated carbocycles. The van der Waals surface area contributed by atoms with Gasteiger partial charge in [-0.1, -0.05) is 44.2 Å². The topological polar surface area (TPSA) is 62.2 Å². The number of rotatable bonds is 5. The monoisotopic (exact) mass is 312 g/mol. The van der Waals surface area contributed by atoms with Gasteiger partial charge in [0.15, 0.2) is 0 Å². The molecule has 0 bridgehead atoms. The smallest absolute Gasteiger partial charge is 0.253 e. The van der Waals surface area contributed by atoms with Crippen molar-refractivity contribution in [3.63, 3.8) is 0 Å². The summed E-state index contributed by atoms with van der Waals surface area (Å²) in [5.74, 6) is -0.155. The van der Waals surface area contributed by atoms with Gasteiger partial charge in [0.1, 0.15) is 0 Å². The summed E-state index contributed by atoms with van der Waals surface area (Å²) in [6, 6.07) is 13.5. The largest absolute Gasteiger partial charge is 0.388 e. The lowest BCUT2D eigenvalue weighted by atomic mass is 9.92. The molecule has 4 heteroatoms. The molecule has 1 amide bonds. The number of aliphatic hydroxyl groups is 1. The zero-order valence-corrected chi connectivity index (χ0v) is 14.1. The molecule has 0 aliphatic heterocycles. The van der Waals surface area contributed by atoms with Gasteiger partial charge in [-0.3, -0.25) is 9.78 Å². The molecular weight excluding hydrogens is 288 g/mol. The highest BCUT2D eigenvalue weighted by molar-refractivity contribution is 5.95. The summed E-state index contributed by atoms with van der Waals surface area (Å²) in [4.78, 5) is 16.8. The van der Waals surface area contributed by atoms with Crippen molar-refractivity contribution < 1.29 is 9.90 Å². The van der Waals surface area contributed by atoms with E-state index in [4.69, 9.17) is 0 Å². The van der Waals surface area contributed by atoms with Gasteiger partial charge < -0.3 is 10.4 Å². The van der Waals surface area contributed by atoms with Gasteiger partial charge in [0, 0.05) is 12.1 Å². The van der Waals surface area contributed by atoms with Crippen LogP contribution in [0.3, 0.4) is 0 Å². The van der Waals surface area contributed by atoms with Crippen molar-refractivity contribution in [2.45, 2.75) is 33.3 Å². The van der Waals surface area contributed by atoms with E-state index in [0.29, 0.717) is 11.3 Å². The summed E-state index contributed by atoms with van der Waals surface area (Å²) < 4.78 is 0. The van der Waals surface area contributed by atoms with E-state index in [0.717, 1.165) is 11.3 Å². The van der Waals surface area contributed by atoms with E-state index in [-0.39, 0.29) is 18.4 Å². The highest BCUT2D eigenvalue weighted by atomic mass is 16.3. The zero-order chi connectivity index (χ0) is 17.0. The van der Waals surface area contributed by atoms with Gasteiger partial charge in [-0.25, -0.2) is 0 Å². The van der Waals surface area contributed by atoms with Crippen molar-refractivity contribution >= 4 is 5.91 Å². The van der Waals surface area contributed by atoms with Crippen molar-refractivity contribution in [3.05, 3.63) is 53.7 Å². The number of amides is 1. The van der Waals surface area contributed by atoms with Crippen LogP contribution in [-0.2, 0) is 0 Å².